The van der Waals surface area contributed by atoms with Crippen molar-refractivity contribution < 1.29 is 23.7 Å². The second-order valence-corrected chi connectivity index (χ2v) is 7.33. The number of ether oxygens (including phenoxy) is 4. The summed E-state index contributed by atoms with van der Waals surface area (Å²) in [5, 5.41) is 7.61. The van der Waals surface area contributed by atoms with Gasteiger partial charge in [-0.3, -0.25) is 9.48 Å². The fourth-order valence-corrected chi connectivity index (χ4v) is 3.66. The number of benzene rings is 1. The van der Waals surface area contributed by atoms with Crippen molar-refractivity contribution in [3.05, 3.63) is 30.1 Å². The molecule has 1 fully saturated rings. The zero-order chi connectivity index (χ0) is 21.7. The minimum absolute atomic E-state index is 0.0354. The van der Waals surface area contributed by atoms with Crippen molar-refractivity contribution in [1.29, 1.82) is 0 Å². The number of carbonyl (C=O) groups excluding carboxylic acids is 1. The van der Waals surface area contributed by atoms with Crippen molar-refractivity contribution in [2.75, 3.05) is 39.7 Å². The molecule has 0 radical (unpaired) electrons. The molecule has 0 saturated carbocycles. The first-order valence-electron chi connectivity index (χ1n) is 9.92. The molecule has 1 N–H and O–H groups in total. The molecule has 1 aromatic heterocycles. The second-order valence-electron chi connectivity index (χ2n) is 7.33. The van der Waals surface area contributed by atoms with Crippen LogP contribution in [0.5, 0.6) is 17.2 Å². The van der Waals surface area contributed by atoms with E-state index in [0.29, 0.717) is 36.9 Å². The zero-order valence-corrected chi connectivity index (χ0v) is 18.2. The van der Waals surface area contributed by atoms with Crippen molar-refractivity contribution in [2.24, 2.45) is 0 Å². The van der Waals surface area contributed by atoms with E-state index >= 15 is 0 Å². The molecule has 30 heavy (non-hydrogen) atoms. The smallest absolute Gasteiger partial charge is 0.244 e. The number of anilines is 1. The van der Waals surface area contributed by atoms with E-state index in [-0.39, 0.29) is 24.7 Å². The molecular formula is C21H30N4O5. The number of aromatic nitrogens is 2. The molecule has 164 valence electrons. The molecule has 9 nitrogen and oxygen atoms in total. The minimum atomic E-state index is 0.0354. The first kappa shape index (κ1) is 21.8. The van der Waals surface area contributed by atoms with Crippen LogP contribution in [0, 0.1) is 0 Å². The SMILES string of the molecule is COc1ccc(CNc2cnn(CC(=O)N3CC(C)OC(C)C3)c2)c(OC)c1OC. The van der Waals surface area contributed by atoms with E-state index in [2.05, 4.69) is 10.4 Å². The Balaban J connectivity index is 1.62. The van der Waals surface area contributed by atoms with Crippen LogP contribution >= 0.6 is 0 Å². The van der Waals surface area contributed by atoms with Gasteiger partial charge in [0.05, 0.1) is 45.4 Å². The molecule has 1 aliphatic rings. The van der Waals surface area contributed by atoms with Crippen LogP contribution < -0.4 is 19.5 Å². The largest absolute Gasteiger partial charge is 0.493 e. The maximum absolute atomic E-state index is 12.6. The highest BCUT2D eigenvalue weighted by Gasteiger charge is 2.26. The predicted molar refractivity (Wildman–Crippen MR) is 112 cm³/mol. The second kappa shape index (κ2) is 9.71. The van der Waals surface area contributed by atoms with Crippen LogP contribution in [0.2, 0.25) is 0 Å². The van der Waals surface area contributed by atoms with Crippen LogP contribution in [-0.4, -0.2) is 67.2 Å². The molecular weight excluding hydrogens is 388 g/mol. The Morgan fingerprint density at radius 1 is 1.13 bits per heavy atom. The summed E-state index contributed by atoms with van der Waals surface area (Å²) in [6.07, 6.45) is 3.61. The average molecular weight is 418 g/mol. The van der Waals surface area contributed by atoms with Gasteiger partial charge < -0.3 is 29.2 Å². The van der Waals surface area contributed by atoms with Crippen molar-refractivity contribution in [1.82, 2.24) is 14.7 Å². The Hall–Kier alpha value is -2.94. The van der Waals surface area contributed by atoms with Gasteiger partial charge in [0.2, 0.25) is 11.7 Å². The van der Waals surface area contributed by atoms with Gasteiger partial charge in [0, 0.05) is 31.4 Å². The number of carbonyl (C=O) groups is 1. The predicted octanol–water partition coefficient (Wildman–Crippen LogP) is 2.16. The summed E-state index contributed by atoms with van der Waals surface area (Å²) in [7, 11) is 4.76. The number of morpholine rings is 1. The summed E-state index contributed by atoms with van der Waals surface area (Å²) in [6, 6.07) is 3.76. The highest BCUT2D eigenvalue weighted by Crippen LogP contribution is 2.39. The number of hydrogen-bond acceptors (Lipinski definition) is 7. The van der Waals surface area contributed by atoms with Crippen molar-refractivity contribution in [3.8, 4) is 17.2 Å². The average Bonchev–Trinajstić information content (AvgIpc) is 3.17. The van der Waals surface area contributed by atoms with Crippen molar-refractivity contribution in [2.45, 2.75) is 39.1 Å². The first-order valence-corrected chi connectivity index (χ1v) is 9.92. The van der Waals surface area contributed by atoms with E-state index < -0.39 is 0 Å². The number of amides is 1. The third-order valence-electron chi connectivity index (χ3n) is 4.97. The molecule has 9 heteroatoms. The van der Waals surface area contributed by atoms with Gasteiger partial charge in [-0.05, 0) is 26.0 Å². The fourth-order valence-electron chi connectivity index (χ4n) is 3.66. The number of rotatable bonds is 8. The Kier molecular flexibility index (Phi) is 7.04. The van der Waals surface area contributed by atoms with Gasteiger partial charge in [-0.2, -0.15) is 5.10 Å². The van der Waals surface area contributed by atoms with Gasteiger partial charge in [0.1, 0.15) is 6.54 Å². The molecule has 2 heterocycles. The lowest BCUT2D eigenvalue weighted by atomic mass is 10.1. The Labute approximate surface area is 176 Å². The van der Waals surface area contributed by atoms with Crippen LogP contribution in [0.3, 0.4) is 0 Å². The Bertz CT molecular complexity index is 859. The third kappa shape index (κ3) is 4.96. The number of methoxy groups -OCH3 is 3. The van der Waals surface area contributed by atoms with Crippen molar-refractivity contribution in [3.63, 3.8) is 0 Å². The molecule has 0 aliphatic carbocycles. The van der Waals surface area contributed by atoms with Gasteiger partial charge in [-0.25, -0.2) is 0 Å². The van der Waals surface area contributed by atoms with Gasteiger partial charge in [-0.1, -0.05) is 0 Å². The van der Waals surface area contributed by atoms with E-state index in [1.54, 1.807) is 32.2 Å². The normalized spacial score (nSPS) is 18.8. The number of hydrogen-bond donors (Lipinski definition) is 1. The molecule has 1 aliphatic heterocycles. The van der Waals surface area contributed by atoms with Crippen LogP contribution in [0.4, 0.5) is 5.69 Å². The fraction of sp³-hybridized carbons (Fsp3) is 0.524. The van der Waals surface area contributed by atoms with E-state index in [4.69, 9.17) is 18.9 Å². The maximum atomic E-state index is 12.6. The lowest BCUT2D eigenvalue weighted by Crippen LogP contribution is -2.49. The summed E-state index contributed by atoms with van der Waals surface area (Å²) < 4.78 is 23.6. The van der Waals surface area contributed by atoms with Gasteiger partial charge in [0.25, 0.3) is 0 Å². The highest BCUT2D eigenvalue weighted by atomic mass is 16.5. The van der Waals surface area contributed by atoms with Crippen LogP contribution in [0.15, 0.2) is 24.5 Å². The summed E-state index contributed by atoms with van der Waals surface area (Å²) in [4.78, 5) is 14.4. The molecule has 2 unspecified atom stereocenters. The molecule has 1 aromatic carbocycles. The van der Waals surface area contributed by atoms with E-state index in [1.165, 1.54) is 0 Å². The molecule has 1 amide bonds. The standard InChI is InChI=1S/C21H30N4O5/c1-14-10-24(11-15(2)30-14)19(26)13-25-12-17(9-23-25)22-8-16-6-7-18(27-3)21(29-5)20(16)28-4/h6-7,9,12,14-15,22H,8,10-11,13H2,1-5H3. The van der Waals surface area contributed by atoms with Crippen LogP contribution in [-0.2, 0) is 22.6 Å². The van der Waals surface area contributed by atoms with Gasteiger partial charge in [0.15, 0.2) is 11.5 Å². The van der Waals surface area contributed by atoms with E-state index in [1.807, 2.05) is 37.1 Å². The maximum Gasteiger partial charge on any atom is 0.244 e. The lowest BCUT2D eigenvalue weighted by Gasteiger charge is -2.35. The quantitative estimate of drug-likeness (QED) is 0.703. The van der Waals surface area contributed by atoms with Crippen LogP contribution in [0.25, 0.3) is 0 Å². The molecule has 2 aromatic rings. The highest BCUT2D eigenvalue weighted by molar-refractivity contribution is 5.76. The minimum Gasteiger partial charge on any atom is -0.493 e. The molecule has 3 rings (SSSR count). The Morgan fingerprint density at radius 2 is 1.83 bits per heavy atom. The van der Waals surface area contributed by atoms with Gasteiger partial charge in [-0.15, -0.1) is 0 Å². The zero-order valence-electron chi connectivity index (χ0n) is 18.2. The summed E-state index contributed by atoms with van der Waals surface area (Å²) in [5.41, 5.74) is 1.72. The third-order valence-corrected chi connectivity index (χ3v) is 4.97. The van der Waals surface area contributed by atoms with E-state index in [9.17, 15) is 4.79 Å². The monoisotopic (exact) mass is 418 g/mol. The van der Waals surface area contributed by atoms with Crippen molar-refractivity contribution >= 4 is 11.6 Å². The topological polar surface area (TPSA) is 87.1 Å². The van der Waals surface area contributed by atoms with E-state index in [0.717, 1.165) is 11.3 Å². The summed E-state index contributed by atoms with van der Waals surface area (Å²) >= 11 is 0. The number of nitrogens with one attached hydrogen (secondary N) is 1. The summed E-state index contributed by atoms with van der Waals surface area (Å²) in [5.74, 6) is 1.81. The summed E-state index contributed by atoms with van der Waals surface area (Å²) in [6.45, 7) is 5.87. The Morgan fingerprint density at radius 3 is 2.47 bits per heavy atom. The molecule has 2 atom stereocenters. The van der Waals surface area contributed by atoms with Crippen LogP contribution in [0.1, 0.15) is 19.4 Å². The molecule has 1 saturated heterocycles. The molecule has 0 bridgehead atoms. The number of nitrogens with zero attached hydrogens (tertiary/aromatic N) is 3. The molecule has 0 spiro atoms. The lowest BCUT2D eigenvalue weighted by molar-refractivity contribution is -0.144. The van der Waals surface area contributed by atoms with Gasteiger partial charge >= 0.3 is 0 Å². The first-order chi connectivity index (χ1) is 14.4.